The molecule has 0 radical (unpaired) electrons. The van der Waals surface area contributed by atoms with Gasteiger partial charge in [0.25, 0.3) is 0 Å². The number of amides is 2. The van der Waals surface area contributed by atoms with Crippen LogP contribution in [0.3, 0.4) is 0 Å². The fraction of sp³-hybridized carbons (Fsp3) is 0.391. The standard InChI is InChI=1S/C23H29ClN2O2S/c1-17(2)15-25-23(28)18(3)26(14-13-19-7-5-4-6-8-19)22(27)16-29-21-11-9-20(24)10-12-21/h4-12,17-18H,13-16H2,1-3H3,(H,25,28). The van der Waals surface area contributed by atoms with Gasteiger partial charge in [0.15, 0.2) is 0 Å². The SMILES string of the molecule is CC(C)CNC(=O)C(C)N(CCc1ccccc1)C(=O)CSc1ccc(Cl)cc1. The highest BCUT2D eigenvalue weighted by Crippen LogP contribution is 2.21. The highest BCUT2D eigenvalue weighted by molar-refractivity contribution is 8.00. The molecule has 1 unspecified atom stereocenters. The third-order valence-corrected chi connectivity index (χ3v) is 5.76. The fourth-order valence-electron chi connectivity index (χ4n) is 2.78. The van der Waals surface area contributed by atoms with Crippen molar-refractivity contribution in [3.8, 4) is 0 Å². The molecule has 1 atom stereocenters. The molecule has 0 aliphatic carbocycles. The summed E-state index contributed by atoms with van der Waals surface area (Å²) >= 11 is 7.38. The van der Waals surface area contributed by atoms with E-state index in [1.165, 1.54) is 11.8 Å². The van der Waals surface area contributed by atoms with Crippen LogP contribution in [0, 0.1) is 5.92 Å². The predicted molar refractivity (Wildman–Crippen MR) is 121 cm³/mol. The maximum absolute atomic E-state index is 13.0. The zero-order chi connectivity index (χ0) is 21.2. The second-order valence-electron chi connectivity index (χ2n) is 7.38. The van der Waals surface area contributed by atoms with Crippen molar-refractivity contribution in [1.29, 1.82) is 0 Å². The number of benzene rings is 2. The number of nitrogens with zero attached hydrogens (tertiary/aromatic N) is 1. The summed E-state index contributed by atoms with van der Waals surface area (Å²) in [6, 6.07) is 16.9. The Hall–Kier alpha value is -1.98. The summed E-state index contributed by atoms with van der Waals surface area (Å²) in [7, 11) is 0. The maximum Gasteiger partial charge on any atom is 0.242 e. The second-order valence-corrected chi connectivity index (χ2v) is 8.87. The average molecular weight is 433 g/mol. The van der Waals surface area contributed by atoms with E-state index in [1.54, 1.807) is 11.8 Å². The minimum atomic E-state index is -0.518. The van der Waals surface area contributed by atoms with Gasteiger partial charge in [-0.3, -0.25) is 9.59 Å². The van der Waals surface area contributed by atoms with Crippen LogP contribution in [0.15, 0.2) is 59.5 Å². The Morgan fingerprint density at radius 3 is 2.31 bits per heavy atom. The molecular formula is C23H29ClN2O2S. The maximum atomic E-state index is 13.0. The number of rotatable bonds is 10. The quantitative estimate of drug-likeness (QED) is 0.555. The average Bonchev–Trinajstić information content (AvgIpc) is 2.72. The monoisotopic (exact) mass is 432 g/mol. The van der Waals surface area contributed by atoms with Crippen molar-refractivity contribution in [3.05, 3.63) is 65.2 Å². The topological polar surface area (TPSA) is 49.4 Å². The van der Waals surface area contributed by atoms with Gasteiger partial charge in [0.2, 0.25) is 11.8 Å². The Morgan fingerprint density at radius 2 is 1.69 bits per heavy atom. The van der Waals surface area contributed by atoms with Gasteiger partial charge in [-0.15, -0.1) is 11.8 Å². The van der Waals surface area contributed by atoms with Crippen LogP contribution < -0.4 is 5.32 Å². The van der Waals surface area contributed by atoms with Gasteiger partial charge in [0.05, 0.1) is 5.75 Å². The van der Waals surface area contributed by atoms with Gasteiger partial charge >= 0.3 is 0 Å². The summed E-state index contributed by atoms with van der Waals surface area (Å²) in [6.45, 7) is 6.99. The molecule has 4 nitrogen and oxygen atoms in total. The van der Waals surface area contributed by atoms with Crippen LogP contribution in [-0.4, -0.2) is 41.6 Å². The van der Waals surface area contributed by atoms with Gasteiger partial charge in [-0.1, -0.05) is 55.8 Å². The van der Waals surface area contributed by atoms with Crippen LogP contribution in [0.25, 0.3) is 0 Å². The van der Waals surface area contributed by atoms with Crippen LogP contribution in [0.2, 0.25) is 5.02 Å². The van der Waals surface area contributed by atoms with Crippen LogP contribution in [-0.2, 0) is 16.0 Å². The summed E-state index contributed by atoms with van der Waals surface area (Å²) in [6.07, 6.45) is 0.708. The van der Waals surface area contributed by atoms with Gasteiger partial charge < -0.3 is 10.2 Å². The zero-order valence-electron chi connectivity index (χ0n) is 17.2. The van der Waals surface area contributed by atoms with Crippen molar-refractivity contribution in [2.24, 2.45) is 5.92 Å². The zero-order valence-corrected chi connectivity index (χ0v) is 18.8. The van der Waals surface area contributed by atoms with Crippen LogP contribution in [0.1, 0.15) is 26.3 Å². The van der Waals surface area contributed by atoms with Crippen molar-refractivity contribution in [1.82, 2.24) is 10.2 Å². The van der Waals surface area contributed by atoms with E-state index < -0.39 is 6.04 Å². The van der Waals surface area contributed by atoms with Gasteiger partial charge in [0, 0.05) is 23.0 Å². The van der Waals surface area contributed by atoms with Crippen molar-refractivity contribution >= 4 is 35.2 Å². The molecule has 2 amide bonds. The van der Waals surface area contributed by atoms with Crippen LogP contribution in [0.5, 0.6) is 0 Å². The number of hydrogen-bond acceptors (Lipinski definition) is 3. The summed E-state index contributed by atoms with van der Waals surface area (Å²) in [5, 5.41) is 3.61. The fourth-order valence-corrected chi connectivity index (χ4v) is 3.69. The number of halogens is 1. The molecule has 0 spiro atoms. The number of hydrogen-bond donors (Lipinski definition) is 1. The van der Waals surface area contributed by atoms with E-state index in [0.29, 0.717) is 30.5 Å². The molecular weight excluding hydrogens is 404 g/mol. The molecule has 1 N–H and O–H groups in total. The van der Waals surface area contributed by atoms with Gasteiger partial charge in [0.1, 0.15) is 6.04 Å². The molecule has 0 bridgehead atoms. The minimum absolute atomic E-state index is 0.0481. The number of nitrogens with one attached hydrogen (secondary N) is 1. The number of thioether (sulfide) groups is 1. The Kier molecular flexibility index (Phi) is 9.55. The lowest BCUT2D eigenvalue weighted by Crippen LogP contribution is -2.50. The molecule has 0 aliphatic heterocycles. The Morgan fingerprint density at radius 1 is 1.03 bits per heavy atom. The lowest BCUT2D eigenvalue weighted by atomic mass is 10.1. The van der Waals surface area contributed by atoms with E-state index in [1.807, 2.05) is 68.4 Å². The van der Waals surface area contributed by atoms with E-state index in [4.69, 9.17) is 11.6 Å². The second kappa shape index (κ2) is 11.9. The molecule has 0 fully saturated rings. The largest absolute Gasteiger partial charge is 0.354 e. The Bertz CT molecular complexity index is 781. The van der Waals surface area contributed by atoms with Crippen LogP contribution >= 0.6 is 23.4 Å². The van der Waals surface area contributed by atoms with Crippen molar-refractivity contribution < 1.29 is 9.59 Å². The summed E-state index contributed by atoms with van der Waals surface area (Å²) in [5.74, 6) is 0.475. The first kappa shape index (κ1) is 23.3. The minimum Gasteiger partial charge on any atom is -0.354 e. The lowest BCUT2D eigenvalue weighted by Gasteiger charge is -2.29. The molecule has 6 heteroatoms. The highest BCUT2D eigenvalue weighted by atomic mass is 35.5. The first-order chi connectivity index (χ1) is 13.9. The third-order valence-electron chi connectivity index (χ3n) is 4.51. The molecule has 0 saturated carbocycles. The molecule has 29 heavy (non-hydrogen) atoms. The van der Waals surface area contributed by atoms with E-state index in [9.17, 15) is 9.59 Å². The summed E-state index contributed by atoms with van der Waals surface area (Å²) in [4.78, 5) is 28.2. The number of carbonyl (C=O) groups excluding carboxylic acids is 2. The van der Waals surface area contributed by atoms with E-state index in [0.717, 1.165) is 10.5 Å². The third kappa shape index (κ3) is 8.11. The molecule has 0 heterocycles. The Labute approximate surface area is 183 Å². The van der Waals surface area contributed by atoms with E-state index >= 15 is 0 Å². The number of carbonyl (C=O) groups is 2. The normalized spacial score (nSPS) is 11.9. The molecule has 2 rings (SSSR count). The highest BCUT2D eigenvalue weighted by Gasteiger charge is 2.25. The molecule has 156 valence electrons. The molecule has 0 saturated heterocycles. The predicted octanol–water partition coefficient (Wildman–Crippen LogP) is 4.66. The Balaban J connectivity index is 2.03. The van der Waals surface area contributed by atoms with Crippen molar-refractivity contribution in [2.75, 3.05) is 18.8 Å². The molecule has 0 aromatic heterocycles. The first-order valence-corrected chi connectivity index (χ1v) is 11.2. The van der Waals surface area contributed by atoms with Crippen molar-refractivity contribution in [3.63, 3.8) is 0 Å². The van der Waals surface area contributed by atoms with Gasteiger partial charge in [-0.05, 0) is 49.1 Å². The summed E-state index contributed by atoms with van der Waals surface area (Å²) < 4.78 is 0. The van der Waals surface area contributed by atoms with E-state index in [-0.39, 0.29) is 17.6 Å². The lowest BCUT2D eigenvalue weighted by molar-refractivity contribution is -0.138. The van der Waals surface area contributed by atoms with E-state index in [2.05, 4.69) is 5.32 Å². The van der Waals surface area contributed by atoms with Crippen LogP contribution in [0.4, 0.5) is 0 Å². The molecule has 0 aliphatic rings. The summed E-state index contributed by atoms with van der Waals surface area (Å²) in [5.41, 5.74) is 1.14. The smallest absolute Gasteiger partial charge is 0.242 e. The van der Waals surface area contributed by atoms with Crippen molar-refractivity contribution in [2.45, 2.75) is 38.1 Å². The molecule has 2 aromatic rings. The first-order valence-electron chi connectivity index (χ1n) is 9.86. The van der Waals surface area contributed by atoms with Gasteiger partial charge in [-0.25, -0.2) is 0 Å². The molecule has 2 aromatic carbocycles. The van der Waals surface area contributed by atoms with Gasteiger partial charge in [-0.2, -0.15) is 0 Å².